The van der Waals surface area contributed by atoms with E-state index >= 15 is 0 Å². The summed E-state index contributed by atoms with van der Waals surface area (Å²) in [4.78, 5) is 11.0. The van der Waals surface area contributed by atoms with Crippen LogP contribution < -0.4 is 10.5 Å². The molecule has 0 spiro atoms. The number of thiophene rings is 1. The number of anilines is 1. The lowest BCUT2D eigenvalue weighted by atomic mass is 10.1. The van der Waals surface area contributed by atoms with Gasteiger partial charge in [-0.05, 0) is 46.1 Å². The number of para-hydroxylation sites is 1. The molecule has 3 N–H and O–H groups in total. The first-order valence-corrected chi connectivity index (χ1v) is 9.04. The molecule has 1 amide bonds. The predicted octanol–water partition coefficient (Wildman–Crippen LogP) is 2.65. The van der Waals surface area contributed by atoms with Crippen LogP contribution in [0, 0.1) is 6.92 Å². The second-order valence-corrected chi connectivity index (χ2v) is 8.71. The van der Waals surface area contributed by atoms with Crippen molar-refractivity contribution in [3.05, 3.63) is 45.2 Å². The summed E-state index contributed by atoms with van der Waals surface area (Å²) in [5, 5.41) is 0. The Morgan fingerprint density at radius 2 is 2.05 bits per heavy atom. The number of primary amides is 1. The molecular weight excluding hydrogens is 376 g/mol. The number of hydrogen-bond donors (Lipinski definition) is 2. The summed E-state index contributed by atoms with van der Waals surface area (Å²) < 4.78 is 28.2. The molecular formula is C13H13BrN2O3S2. The number of amides is 1. The van der Waals surface area contributed by atoms with E-state index in [-0.39, 0.29) is 10.6 Å². The van der Waals surface area contributed by atoms with Gasteiger partial charge in [0.2, 0.25) is 5.91 Å². The summed E-state index contributed by atoms with van der Waals surface area (Å²) >= 11 is 4.44. The number of carbonyl (C=O) groups is 1. The van der Waals surface area contributed by atoms with Crippen molar-refractivity contribution in [2.45, 2.75) is 17.6 Å². The first kappa shape index (κ1) is 16.0. The van der Waals surface area contributed by atoms with Crippen LogP contribution in [0.15, 0.2) is 38.3 Å². The number of nitrogens with one attached hydrogen (secondary N) is 1. The zero-order valence-electron chi connectivity index (χ0n) is 11.1. The number of benzene rings is 1. The van der Waals surface area contributed by atoms with E-state index in [1.54, 1.807) is 30.3 Å². The Kier molecular flexibility index (Phi) is 4.70. The minimum absolute atomic E-state index is 0.0220. The molecule has 0 radical (unpaired) electrons. The Labute approximate surface area is 135 Å². The third-order valence-corrected chi connectivity index (χ3v) is 6.70. The van der Waals surface area contributed by atoms with Crippen LogP contribution >= 0.6 is 27.3 Å². The maximum Gasteiger partial charge on any atom is 0.271 e. The van der Waals surface area contributed by atoms with Gasteiger partial charge in [-0.3, -0.25) is 9.52 Å². The lowest BCUT2D eigenvalue weighted by Gasteiger charge is -2.10. The molecule has 0 fully saturated rings. The quantitative estimate of drug-likeness (QED) is 0.824. The third kappa shape index (κ3) is 3.84. The smallest absolute Gasteiger partial charge is 0.271 e. The Bertz CT molecular complexity index is 765. The number of nitrogens with two attached hydrogens (primary N) is 1. The van der Waals surface area contributed by atoms with Gasteiger partial charge in [0.05, 0.1) is 15.9 Å². The van der Waals surface area contributed by atoms with Crippen LogP contribution in [-0.2, 0) is 21.2 Å². The molecule has 8 heteroatoms. The molecule has 1 heterocycles. The number of hydrogen-bond acceptors (Lipinski definition) is 4. The third-order valence-electron chi connectivity index (χ3n) is 2.73. The lowest BCUT2D eigenvalue weighted by molar-refractivity contribution is -0.117. The summed E-state index contributed by atoms with van der Waals surface area (Å²) in [5.41, 5.74) is 6.93. The van der Waals surface area contributed by atoms with Gasteiger partial charge >= 0.3 is 0 Å². The first-order valence-electron chi connectivity index (χ1n) is 5.94. The van der Waals surface area contributed by atoms with Crippen molar-refractivity contribution in [3.8, 4) is 0 Å². The fraction of sp³-hybridized carbons (Fsp3) is 0.154. The van der Waals surface area contributed by atoms with E-state index in [9.17, 15) is 13.2 Å². The fourth-order valence-electron chi connectivity index (χ4n) is 1.72. The maximum absolute atomic E-state index is 12.4. The number of sulfonamides is 1. The van der Waals surface area contributed by atoms with Crippen LogP contribution in [0.5, 0.6) is 0 Å². The van der Waals surface area contributed by atoms with E-state index in [1.807, 2.05) is 6.92 Å². The maximum atomic E-state index is 12.4. The highest BCUT2D eigenvalue weighted by atomic mass is 79.9. The number of carbonyl (C=O) groups excluding carboxylic acids is 1. The molecule has 5 nitrogen and oxygen atoms in total. The summed E-state index contributed by atoms with van der Waals surface area (Å²) in [6.07, 6.45) is -0.0220. The zero-order valence-corrected chi connectivity index (χ0v) is 14.3. The van der Waals surface area contributed by atoms with Crippen molar-refractivity contribution >= 4 is 48.9 Å². The molecule has 2 aromatic rings. The van der Waals surface area contributed by atoms with Crippen molar-refractivity contribution in [1.29, 1.82) is 0 Å². The summed E-state index contributed by atoms with van der Waals surface area (Å²) in [7, 11) is -3.69. The normalized spacial score (nSPS) is 11.3. The standard InChI is InChI=1S/C13H13BrN2O3S2/c1-8-6-12(20-13(8)14)21(18,19)16-10-5-3-2-4-9(10)7-11(15)17/h2-6,16H,7H2,1H3,(H2,15,17). The molecule has 0 aliphatic rings. The number of rotatable bonds is 5. The Morgan fingerprint density at radius 3 is 2.62 bits per heavy atom. The second kappa shape index (κ2) is 6.17. The molecule has 0 atom stereocenters. The summed E-state index contributed by atoms with van der Waals surface area (Å²) in [5.74, 6) is -0.517. The van der Waals surface area contributed by atoms with Gasteiger partial charge in [-0.25, -0.2) is 8.42 Å². The first-order chi connectivity index (χ1) is 9.79. The molecule has 0 saturated carbocycles. The van der Waals surface area contributed by atoms with Gasteiger partial charge < -0.3 is 5.73 Å². The molecule has 2 rings (SSSR count). The van der Waals surface area contributed by atoms with Crippen LogP contribution in [0.25, 0.3) is 0 Å². The Morgan fingerprint density at radius 1 is 1.38 bits per heavy atom. The van der Waals surface area contributed by atoms with E-state index in [0.29, 0.717) is 11.3 Å². The largest absolute Gasteiger partial charge is 0.369 e. The number of halogens is 1. The van der Waals surface area contributed by atoms with Gasteiger partial charge in [0, 0.05) is 0 Å². The highest BCUT2D eigenvalue weighted by Crippen LogP contribution is 2.32. The molecule has 112 valence electrons. The monoisotopic (exact) mass is 388 g/mol. The van der Waals surface area contributed by atoms with Crippen molar-refractivity contribution < 1.29 is 13.2 Å². The van der Waals surface area contributed by atoms with Crippen LogP contribution in [-0.4, -0.2) is 14.3 Å². The SMILES string of the molecule is Cc1cc(S(=O)(=O)Nc2ccccc2CC(N)=O)sc1Br. The van der Waals surface area contributed by atoms with Gasteiger partial charge in [0.25, 0.3) is 10.0 Å². The minimum Gasteiger partial charge on any atom is -0.369 e. The Hall–Kier alpha value is -1.38. The predicted molar refractivity (Wildman–Crippen MR) is 86.9 cm³/mol. The molecule has 0 unspecified atom stereocenters. The molecule has 21 heavy (non-hydrogen) atoms. The van der Waals surface area contributed by atoms with Gasteiger partial charge in [-0.15, -0.1) is 11.3 Å². The molecule has 1 aromatic carbocycles. The molecule has 0 aliphatic carbocycles. The topological polar surface area (TPSA) is 89.3 Å². The second-order valence-electron chi connectivity index (χ2n) is 4.43. The average molecular weight is 389 g/mol. The van der Waals surface area contributed by atoms with Crippen LogP contribution in [0.3, 0.4) is 0 Å². The molecule has 0 aliphatic heterocycles. The Balaban J connectivity index is 2.35. The van der Waals surface area contributed by atoms with E-state index in [1.165, 1.54) is 0 Å². The van der Waals surface area contributed by atoms with Crippen molar-refractivity contribution in [2.24, 2.45) is 5.73 Å². The fourth-order valence-corrected chi connectivity index (χ4v) is 5.05. The zero-order chi connectivity index (χ0) is 15.6. The van der Waals surface area contributed by atoms with Crippen molar-refractivity contribution in [2.75, 3.05) is 4.72 Å². The van der Waals surface area contributed by atoms with E-state index in [2.05, 4.69) is 20.7 Å². The van der Waals surface area contributed by atoms with Gasteiger partial charge in [-0.1, -0.05) is 18.2 Å². The molecule has 0 saturated heterocycles. The molecule has 0 bridgehead atoms. The van der Waals surface area contributed by atoms with Crippen molar-refractivity contribution in [1.82, 2.24) is 0 Å². The van der Waals surface area contributed by atoms with Crippen LogP contribution in [0.4, 0.5) is 5.69 Å². The van der Waals surface area contributed by atoms with Crippen molar-refractivity contribution in [3.63, 3.8) is 0 Å². The highest BCUT2D eigenvalue weighted by Gasteiger charge is 2.19. The molecule has 1 aromatic heterocycles. The van der Waals surface area contributed by atoms with Gasteiger partial charge in [-0.2, -0.15) is 0 Å². The van der Waals surface area contributed by atoms with E-state index in [0.717, 1.165) is 20.7 Å². The van der Waals surface area contributed by atoms with Gasteiger partial charge in [0.15, 0.2) is 0 Å². The summed E-state index contributed by atoms with van der Waals surface area (Å²) in [6.45, 7) is 1.82. The number of aryl methyl sites for hydroxylation is 1. The average Bonchev–Trinajstić information content (AvgIpc) is 2.72. The minimum atomic E-state index is -3.69. The highest BCUT2D eigenvalue weighted by molar-refractivity contribution is 9.11. The van der Waals surface area contributed by atoms with Crippen LogP contribution in [0.2, 0.25) is 0 Å². The van der Waals surface area contributed by atoms with Gasteiger partial charge in [0.1, 0.15) is 4.21 Å². The van der Waals surface area contributed by atoms with E-state index < -0.39 is 15.9 Å². The van der Waals surface area contributed by atoms with Crippen LogP contribution in [0.1, 0.15) is 11.1 Å². The van der Waals surface area contributed by atoms with E-state index in [4.69, 9.17) is 5.73 Å². The lowest BCUT2D eigenvalue weighted by Crippen LogP contribution is -2.17. The summed E-state index contributed by atoms with van der Waals surface area (Å²) in [6, 6.07) is 8.28.